The van der Waals surface area contributed by atoms with E-state index in [9.17, 15) is 10.1 Å². The van der Waals surface area contributed by atoms with Gasteiger partial charge in [-0.1, -0.05) is 36.4 Å². The van der Waals surface area contributed by atoms with Crippen LogP contribution < -0.4 is 4.74 Å². The van der Waals surface area contributed by atoms with E-state index in [0.29, 0.717) is 12.4 Å². The Balaban J connectivity index is 0.000000534. The van der Waals surface area contributed by atoms with Gasteiger partial charge in [-0.3, -0.25) is 15.0 Å². The molecule has 32 heavy (non-hydrogen) atoms. The number of hydrogen-bond acceptors (Lipinski definition) is 7. The van der Waals surface area contributed by atoms with Gasteiger partial charge < -0.3 is 19.8 Å². The van der Waals surface area contributed by atoms with Crippen LogP contribution >= 0.6 is 0 Å². The SMILES string of the molecule is O=C(O)C(=O)O.O=[N+]([O-])c1cccc(OCCCN2CCN(Cc3ccccc3)CC2)c1. The number of nitro benzene ring substituents is 1. The van der Waals surface area contributed by atoms with E-state index in [1.807, 2.05) is 0 Å². The quantitative estimate of drug-likeness (QED) is 0.272. The molecule has 1 saturated heterocycles. The van der Waals surface area contributed by atoms with Gasteiger partial charge in [0.1, 0.15) is 5.75 Å². The lowest BCUT2D eigenvalue weighted by atomic mass is 10.2. The molecule has 3 rings (SSSR count). The number of aliphatic carboxylic acids is 2. The third kappa shape index (κ3) is 9.11. The van der Waals surface area contributed by atoms with Crippen molar-refractivity contribution < 1.29 is 29.5 Å². The Labute approximate surface area is 185 Å². The number of non-ortho nitro benzene ring substituents is 1. The molecule has 1 fully saturated rings. The molecule has 1 aliphatic rings. The molecule has 0 amide bonds. The van der Waals surface area contributed by atoms with Crippen LogP contribution in [0.1, 0.15) is 12.0 Å². The highest BCUT2D eigenvalue weighted by molar-refractivity contribution is 6.27. The molecule has 0 aromatic heterocycles. The van der Waals surface area contributed by atoms with Crippen molar-refractivity contribution in [3.63, 3.8) is 0 Å². The van der Waals surface area contributed by atoms with E-state index in [0.717, 1.165) is 45.7 Å². The summed E-state index contributed by atoms with van der Waals surface area (Å²) < 4.78 is 5.65. The van der Waals surface area contributed by atoms with Crippen molar-refractivity contribution in [2.45, 2.75) is 13.0 Å². The minimum atomic E-state index is -1.82. The van der Waals surface area contributed by atoms with Crippen molar-refractivity contribution >= 4 is 17.6 Å². The van der Waals surface area contributed by atoms with Crippen LogP contribution in [0.2, 0.25) is 0 Å². The number of benzene rings is 2. The number of nitrogens with zero attached hydrogens (tertiary/aromatic N) is 3. The first-order valence-electron chi connectivity index (χ1n) is 10.2. The zero-order valence-corrected chi connectivity index (χ0v) is 17.6. The molecule has 1 aliphatic heterocycles. The standard InChI is InChI=1S/C20H25N3O3.C2H2O4/c24-23(25)19-8-4-9-20(16-19)26-15-5-10-21-11-13-22(14-12-21)17-18-6-2-1-3-7-18;3-1(4)2(5)6/h1-4,6-9,16H,5,10-15,17H2;(H,3,4)(H,5,6). The van der Waals surface area contributed by atoms with Crippen molar-refractivity contribution in [1.29, 1.82) is 0 Å². The van der Waals surface area contributed by atoms with Crippen molar-refractivity contribution in [2.75, 3.05) is 39.3 Å². The highest BCUT2D eigenvalue weighted by atomic mass is 16.6. The van der Waals surface area contributed by atoms with E-state index < -0.39 is 16.9 Å². The Bertz CT molecular complexity index is 872. The van der Waals surface area contributed by atoms with Crippen LogP contribution in [0.5, 0.6) is 5.75 Å². The Kier molecular flexibility index (Phi) is 10.1. The summed E-state index contributed by atoms with van der Waals surface area (Å²) in [6.07, 6.45) is 0.918. The largest absolute Gasteiger partial charge is 0.493 e. The van der Waals surface area contributed by atoms with E-state index in [-0.39, 0.29) is 5.69 Å². The Hall–Kier alpha value is -3.50. The zero-order valence-electron chi connectivity index (χ0n) is 17.6. The molecule has 0 aliphatic carbocycles. The van der Waals surface area contributed by atoms with Gasteiger partial charge in [0.05, 0.1) is 17.6 Å². The van der Waals surface area contributed by atoms with Gasteiger partial charge in [0, 0.05) is 45.3 Å². The lowest BCUT2D eigenvalue weighted by molar-refractivity contribution is -0.384. The number of carbonyl (C=O) groups is 2. The maximum Gasteiger partial charge on any atom is 0.414 e. The lowest BCUT2D eigenvalue weighted by Crippen LogP contribution is -2.46. The first-order valence-corrected chi connectivity index (χ1v) is 10.2. The van der Waals surface area contributed by atoms with E-state index in [4.69, 9.17) is 24.5 Å². The second-order valence-electron chi connectivity index (χ2n) is 7.17. The predicted molar refractivity (Wildman–Crippen MR) is 117 cm³/mol. The molecule has 0 saturated carbocycles. The summed E-state index contributed by atoms with van der Waals surface area (Å²) in [6, 6.07) is 16.9. The smallest absolute Gasteiger partial charge is 0.414 e. The highest BCUT2D eigenvalue weighted by Crippen LogP contribution is 2.19. The number of carboxylic acid groups (broad SMARTS) is 2. The van der Waals surface area contributed by atoms with Gasteiger partial charge in [0.2, 0.25) is 0 Å². The summed E-state index contributed by atoms with van der Waals surface area (Å²) in [5, 5.41) is 25.6. The summed E-state index contributed by atoms with van der Waals surface area (Å²) in [6.45, 7) is 6.90. The Morgan fingerprint density at radius 2 is 1.56 bits per heavy atom. The summed E-state index contributed by atoms with van der Waals surface area (Å²) in [4.78, 5) is 33.5. The fraction of sp³-hybridized carbons (Fsp3) is 0.364. The van der Waals surface area contributed by atoms with Crippen LogP contribution in [-0.2, 0) is 16.1 Å². The van der Waals surface area contributed by atoms with Gasteiger partial charge in [-0.25, -0.2) is 9.59 Å². The summed E-state index contributed by atoms with van der Waals surface area (Å²) in [5.41, 5.74) is 1.43. The van der Waals surface area contributed by atoms with Crippen LogP contribution in [0.3, 0.4) is 0 Å². The fourth-order valence-corrected chi connectivity index (χ4v) is 3.18. The second kappa shape index (κ2) is 13.0. The minimum absolute atomic E-state index is 0.0667. The molecule has 2 aromatic carbocycles. The van der Waals surface area contributed by atoms with Crippen LogP contribution in [0.15, 0.2) is 54.6 Å². The average Bonchev–Trinajstić information content (AvgIpc) is 2.79. The number of nitro groups is 1. The van der Waals surface area contributed by atoms with Crippen LogP contribution in [0.25, 0.3) is 0 Å². The normalized spacial score (nSPS) is 14.1. The molecule has 172 valence electrons. The molecular formula is C22H27N3O7. The second-order valence-corrected chi connectivity index (χ2v) is 7.17. The fourth-order valence-electron chi connectivity index (χ4n) is 3.18. The van der Waals surface area contributed by atoms with Gasteiger partial charge in [-0.05, 0) is 18.1 Å². The number of rotatable bonds is 8. The molecule has 1 heterocycles. The van der Waals surface area contributed by atoms with Gasteiger partial charge in [-0.15, -0.1) is 0 Å². The molecule has 0 spiro atoms. The first-order chi connectivity index (χ1) is 15.3. The lowest BCUT2D eigenvalue weighted by Gasteiger charge is -2.34. The third-order valence-corrected chi connectivity index (χ3v) is 4.81. The molecule has 0 unspecified atom stereocenters. The molecule has 2 aromatic rings. The summed E-state index contributed by atoms with van der Waals surface area (Å²) in [5.74, 6) is -3.09. The van der Waals surface area contributed by atoms with Gasteiger partial charge in [0.25, 0.3) is 5.69 Å². The van der Waals surface area contributed by atoms with Crippen molar-refractivity contribution in [3.05, 3.63) is 70.3 Å². The molecule has 10 nitrogen and oxygen atoms in total. The topological polar surface area (TPSA) is 133 Å². The van der Waals surface area contributed by atoms with Gasteiger partial charge in [-0.2, -0.15) is 0 Å². The Morgan fingerprint density at radius 1 is 0.938 bits per heavy atom. The van der Waals surface area contributed by atoms with Gasteiger partial charge >= 0.3 is 11.9 Å². The van der Waals surface area contributed by atoms with E-state index in [1.54, 1.807) is 12.1 Å². The van der Waals surface area contributed by atoms with Crippen molar-refractivity contribution in [3.8, 4) is 5.75 Å². The van der Waals surface area contributed by atoms with Gasteiger partial charge in [0.15, 0.2) is 0 Å². The third-order valence-electron chi connectivity index (χ3n) is 4.81. The molecule has 0 radical (unpaired) electrons. The summed E-state index contributed by atoms with van der Waals surface area (Å²) in [7, 11) is 0. The predicted octanol–water partition coefficient (Wildman–Crippen LogP) is 2.34. The molecular weight excluding hydrogens is 418 g/mol. The zero-order chi connectivity index (χ0) is 23.3. The molecule has 0 bridgehead atoms. The summed E-state index contributed by atoms with van der Waals surface area (Å²) >= 11 is 0. The van der Waals surface area contributed by atoms with Crippen LogP contribution in [0, 0.1) is 10.1 Å². The first kappa shape index (κ1) is 24.8. The monoisotopic (exact) mass is 445 g/mol. The van der Waals surface area contributed by atoms with Crippen LogP contribution in [-0.4, -0.2) is 76.2 Å². The van der Waals surface area contributed by atoms with Crippen molar-refractivity contribution in [1.82, 2.24) is 9.80 Å². The Morgan fingerprint density at radius 3 is 2.16 bits per heavy atom. The minimum Gasteiger partial charge on any atom is -0.493 e. The van der Waals surface area contributed by atoms with Crippen LogP contribution in [0.4, 0.5) is 5.69 Å². The van der Waals surface area contributed by atoms with Crippen molar-refractivity contribution in [2.24, 2.45) is 0 Å². The molecule has 2 N–H and O–H groups in total. The number of ether oxygens (including phenoxy) is 1. The highest BCUT2D eigenvalue weighted by Gasteiger charge is 2.16. The van der Waals surface area contributed by atoms with E-state index in [1.165, 1.54) is 17.7 Å². The molecule has 10 heteroatoms. The molecule has 0 atom stereocenters. The number of piperazine rings is 1. The number of carboxylic acids is 2. The number of hydrogen-bond donors (Lipinski definition) is 2. The maximum atomic E-state index is 10.8. The van der Waals surface area contributed by atoms with E-state index >= 15 is 0 Å². The maximum absolute atomic E-state index is 10.8. The average molecular weight is 445 g/mol. The van der Waals surface area contributed by atoms with E-state index in [2.05, 4.69) is 40.1 Å².